The van der Waals surface area contributed by atoms with Gasteiger partial charge in [-0.05, 0) is 45.1 Å². The number of amides is 1. The first kappa shape index (κ1) is 20.2. The summed E-state index contributed by atoms with van der Waals surface area (Å²) in [6.07, 6.45) is 1.02. The number of ether oxygens (including phenoxy) is 3. The molecule has 26 heavy (non-hydrogen) atoms. The van der Waals surface area contributed by atoms with Gasteiger partial charge in [0.2, 0.25) is 0 Å². The fourth-order valence-corrected chi connectivity index (χ4v) is 2.90. The van der Waals surface area contributed by atoms with Crippen LogP contribution in [0.25, 0.3) is 0 Å². The third kappa shape index (κ3) is 6.67. The van der Waals surface area contributed by atoms with E-state index in [4.69, 9.17) is 14.2 Å². The molecular formula is C20H29NO5. The van der Waals surface area contributed by atoms with Crippen molar-refractivity contribution in [1.29, 1.82) is 0 Å². The molecule has 0 spiro atoms. The normalized spacial score (nSPS) is 21.8. The molecule has 2 atom stereocenters. The van der Waals surface area contributed by atoms with Crippen LogP contribution in [0.4, 0.5) is 4.79 Å². The highest BCUT2D eigenvalue weighted by Gasteiger charge is 2.55. The van der Waals surface area contributed by atoms with Gasteiger partial charge >= 0.3 is 12.1 Å². The summed E-state index contributed by atoms with van der Waals surface area (Å²) in [6.45, 7) is 8.10. The van der Waals surface area contributed by atoms with Gasteiger partial charge in [-0.25, -0.2) is 4.79 Å². The molecule has 6 heteroatoms. The number of esters is 1. The molecule has 0 aromatic heterocycles. The third-order valence-electron chi connectivity index (χ3n) is 4.22. The summed E-state index contributed by atoms with van der Waals surface area (Å²) in [5.74, 6) is -0.0955. The van der Waals surface area contributed by atoms with Crippen molar-refractivity contribution in [3.8, 4) is 0 Å². The van der Waals surface area contributed by atoms with Crippen LogP contribution < -0.4 is 5.32 Å². The van der Waals surface area contributed by atoms with E-state index in [9.17, 15) is 9.59 Å². The smallest absolute Gasteiger partial charge is 0.408 e. The first-order chi connectivity index (χ1) is 12.2. The van der Waals surface area contributed by atoms with Gasteiger partial charge in [-0.3, -0.25) is 4.79 Å². The third-order valence-corrected chi connectivity index (χ3v) is 4.22. The van der Waals surface area contributed by atoms with E-state index < -0.39 is 17.2 Å². The van der Waals surface area contributed by atoms with E-state index in [1.807, 2.05) is 51.1 Å². The van der Waals surface area contributed by atoms with Gasteiger partial charge in [0.1, 0.15) is 5.60 Å². The molecule has 0 radical (unpaired) electrons. The Morgan fingerprint density at radius 1 is 1.23 bits per heavy atom. The summed E-state index contributed by atoms with van der Waals surface area (Å²) in [5, 5.41) is 2.97. The molecule has 0 saturated heterocycles. The van der Waals surface area contributed by atoms with Crippen molar-refractivity contribution >= 4 is 12.1 Å². The zero-order valence-electron chi connectivity index (χ0n) is 16.0. The molecule has 1 aromatic rings. The minimum absolute atomic E-state index is 0.199. The lowest BCUT2D eigenvalue weighted by Crippen LogP contribution is -2.45. The van der Waals surface area contributed by atoms with Crippen LogP contribution in [-0.4, -0.2) is 36.4 Å². The summed E-state index contributed by atoms with van der Waals surface area (Å²) in [5.41, 5.74) is 0.0623. The Kier molecular flexibility index (Phi) is 6.64. The zero-order chi connectivity index (χ0) is 19.2. The van der Waals surface area contributed by atoms with Crippen LogP contribution in [0.5, 0.6) is 0 Å². The average molecular weight is 363 g/mol. The number of rotatable bonds is 8. The van der Waals surface area contributed by atoms with E-state index in [-0.39, 0.29) is 11.9 Å². The Bertz CT molecular complexity index is 610. The Hall–Kier alpha value is -2.08. The van der Waals surface area contributed by atoms with Crippen LogP contribution in [0.2, 0.25) is 0 Å². The van der Waals surface area contributed by atoms with Crippen LogP contribution >= 0.6 is 0 Å². The van der Waals surface area contributed by atoms with Gasteiger partial charge in [-0.2, -0.15) is 0 Å². The van der Waals surface area contributed by atoms with Crippen molar-refractivity contribution in [1.82, 2.24) is 5.32 Å². The molecule has 0 heterocycles. The monoisotopic (exact) mass is 363 g/mol. The van der Waals surface area contributed by atoms with Gasteiger partial charge < -0.3 is 19.5 Å². The summed E-state index contributed by atoms with van der Waals surface area (Å²) >= 11 is 0. The predicted octanol–water partition coefficient (Wildman–Crippen LogP) is 3.44. The number of nitrogens with one attached hydrogen (secondary N) is 1. The lowest BCUT2D eigenvalue weighted by Gasteiger charge is -2.24. The van der Waals surface area contributed by atoms with Crippen LogP contribution in [0.15, 0.2) is 30.3 Å². The van der Waals surface area contributed by atoms with Gasteiger partial charge in [-0.15, -0.1) is 0 Å². The SMILES string of the molecule is CC(=O)OCC[C@@H]1C[C@]1(COCc1ccccc1)NC(=O)OC(C)(C)C. The summed E-state index contributed by atoms with van der Waals surface area (Å²) in [7, 11) is 0. The van der Waals surface area contributed by atoms with E-state index in [0.717, 1.165) is 12.0 Å². The molecule has 2 rings (SSSR count). The van der Waals surface area contributed by atoms with E-state index in [2.05, 4.69) is 5.32 Å². The topological polar surface area (TPSA) is 73.9 Å². The number of alkyl carbamates (subject to hydrolysis) is 1. The number of carbonyl (C=O) groups excluding carboxylic acids is 2. The molecule has 1 amide bonds. The number of carbonyl (C=O) groups is 2. The summed E-state index contributed by atoms with van der Waals surface area (Å²) in [4.78, 5) is 23.1. The minimum Gasteiger partial charge on any atom is -0.466 e. The maximum atomic E-state index is 12.2. The standard InChI is InChI=1S/C20H29NO5/c1-15(22)25-11-10-17-12-20(17,21-18(23)26-19(2,3)4)14-24-13-16-8-6-5-7-9-16/h5-9,17H,10-14H2,1-4H3,(H,21,23)/t17-,20-/m1/s1. The Balaban J connectivity index is 1.89. The van der Waals surface area contributed by atoms with Crippen molar-refractivity contribution in [2.75, 3.05) is 13.2 Å². The van der Waals surface area contributed by atoms with Crippen molar-refractivity contribution in [3.05, 3.63) is 35.9 Å². The van der Waals surface area contributed by atoms with Crippen molar-refractivity contribution in [2.24, 2.45) is 5.92 Å². The zero-order valence-corrected chi connectivity index (χ0v) is 16.0. The van der Waals surface area contributed by atoms with E-state index >= 15 is 0 Å². The van der Waals surface area contributed by atoms with Gasteiger partial charge in [0.25, 0.3) is 0 Å². The molecular weight excluding hydrogens is 334 g/mol. The Labute approximate surface area is 155 Å². The van der Waals surface area contributed by atoms with Crippen LogP contribution in [0, 0.1) is 5.92 Å². The molecule has 0 aliphatic heterocycles. The van der Waals surface area contributed by atoms with Crippen molar-refractivity contribution in [2.45, 2.75) is 58.3 Å². The second kappa shape index (κ2) is 8.54. The van der Waals surface area contributed by atoms with Gasteiger partial charge in [0, 0.05) is 6.92 Å². The lowest BCUT2D eigenvalue weighted by molar-refractivity contribution is -0.141. The minimum atomic E-state index is -0.557. The molecule has 6 nitrogen and oxygen atoms in total. The van der Waals surface area contributed by atoms with Crippen molar-refractivity contribution in [3.63, 3.8) is 0 Å². The molecule has 144 valence electrons. The fraction of sp³-hybridized carbons (Fsp3) is 0.600. The van der Waals surface area contributed by atoms with Crippen LogP contribution in [0.3, 0.4) is 0 Å². The molecule has 1 aliphatic carbocycles. The quantitative estimate of drug-likeness (QED) is 0.716. The second-order valence-corrected chi connectivity index (χ2v) is 7.79. The van der Waals surface area contributed by atoms with Gasteiger partial charge in [0.15, 0.2) is 0 Å². The van der Waals surface area contributed by atoms with E-state index in [1.54, 1.807) is 0 Å². The maximum absolute atomic E-state index is 12.2. The summed E-state index contributed by atoms with van der Waals surface area (Å²) < 4.78 is 16.3. The number of hydrogen-bond acceptors (Lipinski definition) is 5. The van der Waals surface area contributed by atoms with Gasteiger partial charge in [-0.1, -0.05) is 30.3 Å². The fourth-order valence-electron chi connectivity index (χ4n) is 2.90. The molecule has 0 unspecified atom stereocenters. The van der Waals surface area contributed by atoms with Gasteiger partial charge in [0.05, 0.1) is 25.4 Å². The highest BCUT2D eigenvalue weighted by Crippen LogP contribution is 2.46. The Morgan fingerprint density at radius 2 is 1.92 bits per heavy atom. The molecule has 1 aromatic carbocycles. The largest absolute Gasteiger partial charge is 0.466 e. The van der Waals surface area contributed by atoms with Crippen LogP contribution in [-0.2, 0) is 25.6 Å². The highest BCUT2D eigenvalue weighted by atomic mass is 16.6. The first-order valence-electron chi connectivity index (χ1n) is 8.96. The molecule has 0 bridgehead atoms. The van der Waals surface area contributed by atoms with E-state index in [1.165, 1.54) is 6.92 Å². The number of hydrogen-bond donors (Lipinski definition) is 1. The average Bonchev–Trinajstić information content (AvgIpc) is 3.18. The van der Waals surface area contributed by atoms with Crippen LogP contribution in [0.1, 0.15) is 46.1 Å². The number of benzene rings is 1. The highest BCUT2D eigenvalue weighted by molar-refractivity contribution is 5.69. The molecule has 1 fully saturated rings. The molecule has 1 saturated carbocycles. The molecule has 1 aliphatic rings. The predicted molar refractivity (Wildman–Crippen MR) is 97.6 cm³/mol. The lowest BCUT2D eigenvalue weighted by atomic mass is 10.1. The van der Waals surface area contributed by atoms with Crippen molar-refractivity contribution < 1.29 is 23.8 Å². The first-order valence-corrected chi connectivity index (χ1v) is 8.96. The van der Waals surface area contributed by atoms with E-state index in [0.29, 0.717) is 26.2 Å². The summed E-state index contributed by atoms with van der Waals surface area (Å²) in [6, 6.07) is 9.89. The molecule has 1 N–H and O–H groups in total. The maximum Gasteiger partial charge on any atom is 0.408 e. The second-order valence-electron chi connectivity index (χ2n) is 7.79. The Morgan fingerprint density at radius 3 is 2.54 bits per heavy atom.